The zero-order valence-corrected chi connectivity index (χ0v) is 12.7. The topological polar surface area (TPSA) is 59.9 Å². The molecule has 0 saturated carbocycles. The number of aryl methyl sites for hydroxylation is 1. The number of hydrogen-bond acceptors (Lipinski definition) is 5. The molecular weight excluding hydrogens is 299 g/mol. The third-order valence-electron chi connectivity index (χ3n) is 2.41. The smallest absolute Gasteiger partial charge is 0.328 e. The summed E-state index contributed by atoms with van der Waals surface area (Å²) in [6.07, 6.45) is 0.948. The molecule has 0 aliphatic carbocycles. The van der Waals surface area contributed by atoms with E-state index >= 15 is 0 Å². The standard InChI is InChI=1S/C13H14Cl2N4O/c1-3-6-16-12-17-11(15)18-13(19-12)20-10-5-4-8(2)7-9(10)14/h4-5,7H,3,6H2,1-2H3,(H,16,17,18,19). The molecule has 1 N–H and O–H groups in total. The van der Waals surface area contributed by atoms with Gasteiger partial charge in [0.15, 0.2) is 0 Å². The van der Waals surface area contributed by atoms with Crippen LogP contribution in [0.15, 0.2) is 18.2 Å². The maximum atomic E-state index is 6.10. The van der Waals surface area contributed by atoms with Crippen molar-refractivity contribution in [3.8, 4) is 11.8 Å². The number of nitrogens with one attached hydrogen (secondary N) is 1. The maximum absolute atomic E-state index is 6.10. The molecule has 0 atom stereocenters. The number of anilines is 1. The van der Waals surface area contributed by atoms with Gasteiger partial charge >= 0.3 is 6.01 Å². The second-order valence-electron chi connectivity index (χ2n) is 4.17. The second-order valence-corrected chi connectivity index (χ2v) is 4.92. The van der Waals surface area contributed by atoms with Crippen LogP contribution in [0.3, 0.4) is 0 Å². The van der Waals surface area contributed by atoms with Crippen molar-refractivity contribution in [1.29, 1.82) is 0 Å². The third kappa shape index (κ3) is 3.95. The monoisotopic (exact) mass is 312 g/mol. The van der Waals surface area contributed by atoms with Crippen LogP contribution in [0.5, 0.6) is 11.8 Å². The molecule has 0 unspecified atom stereocenters. The van der Waals surface area contributed by atoms with Crippen molar-refractivity contribution in [2.75, 3.05) is 11.9 Å². The predicted octanol–water partition coefficient (Wildman–Crippen LogP) is 4.10. The minimum atomic E-state index is 0.0665. The number of nitrogens with zero attached hydrogens (tertiary/aromatic N) is 3. The molecule has 2 rings (SSSR count). The van der Waals surface area contributed by atoms with Crippen LogP contribution >= 0.6 is 23.2 Å². The Morgan fingerprint density at radius 1 is 1.20 bits per heavy atom. The molecule has 1 heterocycles. The van der Waals surface area contributed by atoms with Gasteiger partial charge in [0.05, 0.1) is 5.02 Å². The van der Waals surface area contributed by atoms with Crippen molar-refractivity contribution in [1.82, 2.24) is 15.0 Å². The van der Waals surface area contributed by atoms with E-state index in [1.807, 2.05) is 19.9 Å². The fourth-order valence-corrected chi connectivity index (χ4v) is 1.91. The van der Waals surface area contributed by atoms with Gasteiger partial charge in [-0.2, -0.15) is 15.0 Å². The van der Waals surface area contributed by atoms with Crippen LogP contribution in [-0.2, 0) is 0 Å². The van der Waals surface area contributed by atoms with Gasteiger partial charge in [-0.1, -0.05) is 24.6 Å². The Labute approximate surface area is 127 Å². The molecule has 0 saturated heterocycles. The van der Waals surface area contributed by atoms with Gasteiger partial charge in [-0.15, -0.1) is 0 Å². The van der Waals surface area contributed by atoms with Crippen LogP contribution in [0.25, 0.3) is 0 Å². The Hall–Kier alpha value is -1.59. The zero-order chi connectivity index (χ0) is 14.5. The predicted molar refractivity (Wildman–Crippen MR) is 79.9 cm³/mol. The van der Waals surface area contributed by atoms with Crippen LogP contribution < -0.4 is 10.1 Å². The normalized spacial score (nSPS) is 10.4. The van der Waals surface area contributed by atoms with E-state index in [4.69, 9.17) is 27.9 Å². The number of hydrogen-bond donors (Lipinski definition) is 1. The first-order valence-corrected chi connectivity index (χ1v) is 6.93. The summed E-state index contributed by atoms with van der Waals surface area (Å²) < 4.78 is 5.55. The van der Waals surface area contributed by atoms with Crippen LogP contribution in [-0.4, -0.2) is 21.5 Å². The van der Waals surface area contributed by atoms with Crippen molar-refractivity contribution in [3.05, 3.63) is 34.1 Å². The van der Waals surface area contributed by atoms with E-state index in [-0.39, 0.29) is 11.3 Å². The lowest BCUT2D eigenvalue weighted by Gasteiger charge is -2.08. The minimum Gasteiger partial charge on any atom is -0.423 e. The van der Waals surface area contributed by atoms with E-state index in [1.54, 1.807) is 12.1 Å². The molecule has 0 aliphatic heterocycles. The molecule has 0 bridgehead atoms. The summed E-state index contributed by atoms with van der Waals surface area (Å²) in [7, 11) is 0. The van der Waals surface area contributed by atoms with Crippen LogP contribution in [0.1, 0.15) is 18.9 Å². The van der Waals surface area contributed by atoms with Crippen LogP contribution in [0.4, 0.5) is 5.95 Å². The molecule has 0 amide bonds. The first-order chi connectivity index (χ1) is 9.58. The Bertz CT molecular complexity index is 607. The van der Waals surface area contributed by atoms with Crippen molar-refractivity contribution in [2.45, 2.75) is 20.3 Å². The highest BCUT2D eigenvalue weighted by Gasteiger charge is 2.09. The van der Waals surface area contributed by atoms with E-state index in [9.17, 15) is 0 Å². The molecule has 2 aromatic rings. The molecule has 0 spiro atoms. The molecule has 1 aromatic carbocycles. The fourth-order valence-electron chi connectivity index (χ4n) is 1.48. The summed E-state index contributed by atoms with van der Waals surface area (Å²) >= 11 is 11.9. The van der Waals surface area contributed by atoms with E-state index in [1.165, 1.54) is 0 Å². The SMILES string of the molecule is CCCNc1nc(Cl)nc(Oc2ccc(C)cc2Cl)n1. The van der Waals surface area contributed by atoms with Crippen molar-refractivity contribution >= 4 is 29.2 Å². The number of halogens is 2. The number of rotatable bonds is 5. The van der Waals surface area contributed by atoms with Gasteiger partial charge in [-0.25, -0.2) is 0 Å². The zero-order valence-electron chi connectivity index (χ0n) is 11.2. The fraction of sp³-hybridized carbons (Fsp3) is 0.308. The summed E-state index contributed by atoms with van der Waals surface area (Å²) in [6, 6.07) is 5.55. The number of ether oxygens (including phenoxy) is 1. The van der Waals surface area contributed by atoms with Gasteiger partial charge in [0.25, 0.3) is 0 Å². The molecule has 20 heavy (non-hydrogen) atoms. The Morgan fingerprint density at radius 3 is 2.70 bits per heavy atom. The Kier molecular flexibility index (Phi) is 4.98. The quantitative estimate of drug-likeness (QED) is 0.900. The third-order valence-corrected chi connectivity index (χ3v) is 2.87. The van der Waals surface area contributed by atoms with Gasteiger partial charge < -0.3 is 10.1 Å². The van der Waals surface area contributed by atoms with E-state index in [0.29, 0.717) is 16.7 Å². The summed E-state index contributed by atoms with van der Waals surface area (Å²) in [5.41, 5.74) is 1.04. The van der Waals surface area contributed by atoms with Gasteiger partial charge in [-0.3, -0.25) is 0 Å². The lowest BCUT2D eigenvalue weighted by molar-refractivity contribution is 0.440. The maximum Gasteiger partial charge on any atom is 0.328 e. The van der Waals surface area contributed by atoms with Gasteiger partial charge in [0, 0.05) is 6.54 Å². The summed E-state index contributed by atoms with van der Waals surface area (Å²) in [6.45, 7) is 4.73. The van der Waals surface area contributed by atoms with E-state index < -0.39 is 0 Å². The highest BCUT2D eigenvalue weighted by Crippen LogP contribution is 2.29. The highest BCUT2D eigenvalue weighted by molar-refractivity contribution is 6.32. The lowest BCUT2D eigenvalue weighted by atomic mass is 10.2. The highest BCUT2D eigenvalue weighted by atomic mass is 35.5. The number of benzene rings is 1. The molecular formula is C13H14Cl2N4O. The van der Waals surface area contributed by atoms with Crippen LogP contribution in [0, 0.1) is 6.92 Å². The van der Waals surface area contributed by atoms with Crippen molar-refractivity contribution < 1.29 is 4.74 Å². The van der Waals surface area contributed by atoms with Gasteiger partial charge in [0.2, 0.25) is 11.2 Å². The van der Waals surface area contributed by atoms with Crippen LogP contribution in [0.2, 0.25) is 10.3 Å². The number of aromatic nitrogens is 3. The van der Waals surface area contributed by atoms with Gasteiger partial charge in [0.1, 0.15) is 5.75 Å². The summed E-state index contributed by atoms with van der Waals surface area (Å²) in [5, 5.41) is 3.58. The molecule has 0 aliphatic rings. The van der Waals surface area contributed by atoms with E-state index in [0.717, 1.165) is 18.5 Å². The molecule has 5 nitrogen and oxygen atoms in total. The van der Waals surface area contributed by atoms with Gasteiger partial charge in [-0.05, 0) is 42.6 Å². The van der Waals surface area contributed by atoms with Crippen molar-refractivity contribution in [3.63, 3.8) is 0 Å². The minimum absolute atomic E-state index is 0.0665. The largest absolute Gasteiger partial charge is 0.423 e. The first kappa shape index (κ1) is 14.8. The second kappa shape index (κ2) is 6.72. The molecule has 1 aromatic heterocycles. The molecule has 7 heteroatoms. The average Bonchev–Trinajstić information content (AvgIpc) is 2.39. The molecule has 0 radical (unpaired) electrons. The first-order valence-electron chi connectivity index (χ1n) is 6.18. The van der Waals surface area contributed by atoms with Crippen molar-refractivity contribution in [2.24, 2.45) is 0 Å². The Balaban J connectivity index is 2.21. The Morgan fingerprint density at radius 2 is 2.00 bits per heavy atom. The average molecular weight is 313 g/mol. The lowest BCUT2D eigenvalue weighted by Crippen LogP contribution is -2.06. The summed E-state index contributed by atoms with van der Waals surface area (Å²) in [4.78, 5) is 12.0. The molecule has 0 fully saturated rings. The molecule has 106 valence electrons. The van der Waals surface area contributed by atoms with E-state index in [2.05, 4.69) is 20.3 Å². The summed E-state index contributed by atoms with van der Waals surface area (Å²) in [5.74, 6) is 0.853.